The van der Waals surface area contributed by atoms with Crippen LogP contribution < -0.4 is 0 Å². The zero-order valence-corrected chi connectivity index (χ0v) is 43.9. The fourth-order valence-corrected chi connectivity index (χ4v) is 12.3. The average molecular weight is 1020 g/mol. The van der Waals surface area contributed by atoms with Gasteiger partial charge >= 0.3 is 0 Å². The Labute approximate surface area is 466 Å². The summed E-state index contributed by atoms with van der Waals surface area (Å²) in [5, 5.41) is 4.94. The lowest BCUT2D eigenvalue weighted by Crippen LogP contribution is -1.97. The van der Waals surface area contributed by atoms with Crippen LogP contribution in [0.4, 0.5) is 0 Å². The molecule has 2 aromatic heterocycles. The Bertz CT molecular complexity index is 4790. The molecule has 0 saturated carbocycles. The van der Waals surface area contributed by atoms with E-state index < -0.39 is 0 Å². The van der Waals surface area contributed by atoms with Gasteiger partial charge in [-0.05, 0) is 139 Å². The molecule has 80 heavy (non-hydrogen) atoms. The van der Waals surface area contributed by atoms with Crippen molar-refractivity contribution in [3.05, 3.63) is 315 Å². The number of fused-ring (bicyclic) bond motifs is 6. The molecule has 0 fully saturated rings. The highest BCUT2D eigenvalue weighted by molar-refractivity contribution is 6.13. The first kappa shape index (κ1) is 46.7. The van der Waals surface area contributed by atoms with Gasteiger partial charge in [-0.1, -0.05) is 255 Å². The number of para-hydroxylation sites is 4. The van der Waals surface area contributed by atoms with Gasteiger partial charge in [0.1, 0.15) is 0 Å². The van der Waals surface area contributed by atoms with Crippen molar-refractivity contribution in [1.82, 2.24) is 9.13 Å². The van der Waals surface area contributed by atoms with E-state index >= 15 is 0 Å². The van der Waals surface area contributed by atoms with Crippen molar-refractivity contribution in [2.24, 2.45) is 0 Å². The lowest BCUT2D eigenvalue weighted by molar-refractivity contribution is 1.18. The maximum atomic E-state index is 2.45. The van der Waals surface area contributed by atoms with Gasteiger partial charge in [-0.25, -0.2) is 0 Å². The summed E-state index contributed by atoms with van der Waals surface area (Å²) in [6, 6.07) is 115. The van der Waals surface area contributed by atoms with E-state index in [1.54, 1.807) is 0 Å². The summed E-state index contributed by atoms with van der Waals surface area (Å²) in [7, 11) is 0. The summed E-state index contributed by atoms with van der Waals surface area (Å²) < 4.78 is 4.89. The molecule has 0 radical (unpaired) electrons. The van der Waals surface area contributed by atoms with E-state index in [1.165, 1.54) is 138 Å². The minimum Gasteiger partial charge on any atom is -0.309 e. The highest BCUT2D eigenvalue weighted by atomic mass is 15.0. The minimum absolute atomic E-state index is 1.15. The Hall–Kier alpha value is -10.5. The van der Waals surface area contributed by atoms with Gasteiger partial charge in [0.2, 0.25) is 0 Å². The van der Waals surface area contributed by atoms with E-state index in [2.05, 4.69) is 325 Å². The summed E-state index contributed by atoms with van der Waals surface area (Å²) in [5.74, 6) is 0. The second kappa shape index (κ2) is 19.8. The highest BCUT2D eigenvalue weighted by Gasteiger charge is 2.20. The van der Waals surface area contributed by atoms with Crippen molar-refractivity contribution < 1.29 is 0 Å². The van der Waals surface area contributed by atoms with Crippen molar-refractivity contribution in [3.8, 4) is 100 Å². The fraction of sp³-hybridized carbons (Fsp3) is 0. The first-order valence-electron chi connectivity index (χ1n) is 27.6. The molecule has 2 heterocycles. The van der Waals surface area contributed by atoms with Crippen LogP contribution in [0.3, 0.4) is 0 Å². The molecule has 0 spiro atoms. The first-order chi connectivity index (χ1) is 39.7. The fourth-order valence-electron chi connectivity index (χ4n) is 12.3. The van der Waals surface area contributed by atoms with Gasteiger partial charge in [0.25, 0.3) is 0 Å². The third-order valence-corrected chi connectivity index (χ3v) is 16.2. The topological polar surface area (TPSA) is 9.86 Å². The number of nitrogens with zero attached hydrogens (tertiary/aromatic N) is 2. The second-order valence-electron chi connectivity index (χ2n) is 20.8. The molecule has 13 aromatic carbocycles. The molecule has 0 atom stereocenters. The molecular weight excluding hydrogens is 965 g/mol. The van der Waals surface area contributed by atoms with E-state index in [0.29, 0.717) is 0 Å². The van der Waals surface area contributed by atoms with Crippen LogP contribution >= 0.6 is 0 Å². The molecule has 374 valence electrons. The number of hydrogen-bond acceptors (Lipinski definition) is 0. The van der Waals surface area contributed by atoms with Crippen LogP contribution in [0.1, 0.15) is 0 Å². The van der Waals surface area contributed by atoms with Crippen LogP contribution in [-0.2, 0) is 0 Å². The maximum Gasteiger partial charge on any atom is 0.0541 e. The van der Waals surface area contributed by atoms with Crippen molar-refractivity contribution >= 4 is 43.6 Å². The maximum absolute atomic E-state index is 2.45. The van der Waals surface area contributed by atoms with Gasteiger partial charge in [-0.15, -0.1) is 0 Å². The van der Waals surface area contributed by atoms with Gasteiger partial charge in [-0.3, -0.25) is 0 Å². The Balaban J connectivity index is 0.733. The molecule has 0 amide bonds. The zero-order valence-electron chi connectivity index (χ0n) is 43.9. The van der Waals surface area contributed by atoms with E-state index in [-0.39, 0.29) is 0 Å². The molecule has 0 aliphatic heterocycles. The van der Waals surface area contributed by atoms with E-state index in [4.69, 9.17) is 0 Å². The second-order valence-corrected chi connectivity index (χ2v) is 20.8. The van der Waals surface area contributed by atoms with Gasteiger partial charge in [0.05, 0.1) is 33.4 Å². The summed E-state index contributed by atoms with van der Waals surface area (Å²) >= 11 is 0. The molecule has 0 aliphatic carbocycles. The first-order valence-corrected chi connectivity index (χ1v) is 27.6. The largest absolute Gasteiger partial charge is 0.309 e. The molecule has 0 N–H and O–H groups in total. The van der Waals surface area contributed by atoms with Gasteiger partial charge in [0, 0.05) is 32.7 Å². The van der Waals surface area contributed by atoms with Gasteiger partial charge in [-0.2, -0.15) is 0 Å². The van der Waals surface area contributed by atoms with Crippen molar-refractivity contribution in [2.45, 2.75) is 0 Å². The molecule has 15 rings (SSSR count). The minimum atomic E-state index is 1.15. The van der Waals surface area contributed by atoms with E-state index in [0.717, 1.165) is 5.69 Å². The summed E-state index contributed by atoms with van der Waals surface area (Å²) in [5.41, 5.74) is 26.3. The Morgan fingerprint density at radius 3 is 0.875 bits per heavy atom. The van der Waals surface area contributed by atoms with Crippen LogP contribution in [0.2, 0.25) is 0 Å². The van der Waals surface area contributed by atoms with Crippen LogP contribution in [0.15, 0.2) is 315 Å². The molecule has 15 aromatic rings. The standard InChI is InChI=1S/C78H52N2/c1-3-19-55(20-4-1)65-27-7-8-28-66(65)57-41-37-53(38-42-57)59-23-17-25-61(49-59)62-26-18-24-60(50-62)54-39-43-58(44-40-54)68-30-10-14-34-74(68)80-76-36-16-12-32-70(76)72-52-64(46-48-78(72)80)63-45-47-77-71(51-63)69-31-11-15-35-75(69)79(77)73-33-13-9-29-67(73)56-21-5-2-6-22-56/h1-52H. The molecule has 0 bridgehead atoms. The third kappa shape index (κ3) is 8.21. The quantitative estimate of drug-likeness (QED) is 0.129. The summed E-state index contributed by atoms with van der Waals surface area (Å²) in [6.45, 7) is 0. The normalized spacial score (nSPS) is 11.5. The number of rotatable bonds is 10. The lowest BCUT2D eigenvalue weighted by Gasteiger charge is -2.15. The van der Waals surface area contributed by atoms with Gasteiger partial charge in [0.15, 0.2) is 0 Å². The predicted octanol–water partition coefficient (Wildman–Crippen LogP) is 21.2. The monoisotopic (exact) mass is 1020 g/mol. The number of hydrogen-bond donors (Lipinski definition) is 0. The lowest BCUT2D eigenvalue weighted by atomic mass is 9.92. The molecule has 0 unspecified atom stereocenters. The molecule has 2 heteroatoms. The van der Waals surface area contributed by atoms with Crippen LogP contribution in [0.5, 0.6) is 0 Å². The Morgan fingerprint density at radius 2 is 0.425 bits per heavy atom. The van der Waals surface area contributed by atoms with Gasteiger partial charge < -0.3 is 9.13 Å². The van der Waals surface area contributed by atoms with E-state index in [1.807, 2.05) is 0 Å². The zero-order chi connectivity index (χ0) is 52.9. The summed E-state index contributed by atoms with van der Waals surface area (Å²) in [4.78, 5) is 0. The smallest absolute Gasteiger partial charge is 0.0541 e. The van der Waals surface area contributed by atoms with E-state index in [9.17, 15) is 0 Å². The van der Waals surface area contributed by atoms with Crippen molar-refractivity contribution in [1.29, 1.82) is 0 Å². The molecule has 0 saturated heterocycles. The SMILES string of the molecule is c1ccc(-c2ccccc2-c2ccc(-c3cccc(-c4cccc(-c5ccc(-c6ccccc6-n6c7ccccc7c7cc(-c8ccc9c(c8)c8ccccc8n9-c8ccccc8-c8ccccc8)ccc76)cc5)c4)c3)cc2)cc1. The molecule has 2 nitrogen and oxygen atoms in total. The highest BCUT2D eigenvalue weighted by Crippen LogP contribution is 2.42. The van der Waals surface area contributed by atoms with Crippen molar-refractivity contribution in [2.75, 3.05) is 0 Å². The van der Waals surface area contributed by atoms with Crippen molar-refractivity contribution in [3.63, 3.8) is 0 Å². The predicted molar refractivity (Wildman–Crippen MR) is 339 cm³/mol. The Morgan fingerprint density at radius 1 is 0.150 bits per heavy atom. The molecule has 0 aliphatic rings. The third-order valence-electron chi connectivity index (χ3n) is 16.2. The van der Waals surface area contributed by atoms with Crippen LogP contribution in [0, 0.1) is 0 Å². The number of benzene rings is 13. The van der Waals surface area contributed by atoms with Crippen LogP contribution in [0.25, 0.3) is 144 Å². The Kier molecular flexibility index (Phi) is 11.6. The summed E-state index contributed by atoms with van der Waals surface area (Å²) in [6.07, 6.45) is 0. The average Bonchev–Trinajstić information content (AvgIpc) is 4.06. The molecular formula is C78H52N2. The van der Waals surface area contributed by atoms with Crippen LogP contribution in [-0.4, -0.2) is 9.13 Å². The number of aromatic nitrogens is 2.